The number of hydrogen-bond acceptors (Lipinski definition) is 0. The SMILES string of the molecule is CC.CCCC.CCCC.Cc1cc(C)c(C)cc1C. The molecule has 0 saturated heterocycles. The van der Waals surface area contributed by atoms with Crippen LogP contribution in [-0.4, -0.2) is 0 Å². The normalized spacial score (nSPS) is 8.30. The fraction of sp³-hybridized carbons (Fsp3) is 0.700. The van der Waals surface area contributed by atoms with Crippen LogP contribution in [0.3, 0.4) is 0 Å². The molecule has 0 saturated carbocycles. The van der Waals surface area contributed by atoms with Crippen molar-refractivity contribution in [3.63, 3.8) is 0 Å². The van der Waals surface area contributed by atoms with E-state index in [0.717, 1.165) is 0 Å². The van der Waals surface area contributed by atoms with Crippen LogP contribution in [0.15, 0.2) is 12.1 Å². The minimum atomic E-state index is 1.32. The van der Waals surface area contributed by atoms with Gasteiger partial charge in [0.1, 0.15) is 0 Å². The van der Waals surface area contributed by atoms with Gasteiger partial charge in [0, 0.05) is 0 Å². The summed E-state index contributed by atoms with van der Waals surface area (Å²) in [5, 5.41) is 0. The largest absolute Gasteiger partial charge is 0.0683 e. The maximum atomic E-state index is 2.24. The molecule has 20 heavy (non-hydrogen) atoms. The molecule has 1 aromatic carbocycles. The zero-order valence-electron chi connectivity index (χ0n) is 16.0. The first-order chi connectivity index (χ1) is 9.44. The Morgan fingerprint density at radius 3 is 0.750 bits per heavy atom. The Morgan fingerprint density at radius 1 is 0.500 bits per heavy atom. The third-order valence-corrected chi connectivity index (χ3v) is 3.11. The molecular weight excluding hydrogens is 240 g/mol. The molecule has 0 aliphatic rings. The third-order valence-electron chi connectivity index (χ3n) is 3.11. The topological polar surface area (TPSA) is 0 Å². The molecule has 0 amide bonds. The Labute approximate surface area is 130 Å². The van der Waals surface area contributed by atoms with Crippen LogP contribution in [0, 0.1) is 27.7 Å². The highest BCUT2D eigenvalue weighted by molar-refractivity contribution is 5.35. The van der Waals surface area contributed by atoms with Crippen molar-refractivity contribution in [2.45, 2.75) is 94.9 Å². The molecule has 0 atom stereocenters. The van der Waals surface area contributed by atoms with E-state index in [0.29, 0.717) is 0 Å². The van der Waals surface area contributed by atoms with Gasteiger partial charge in [0.25, 0.3) is 0 Å². The van der Waals surface area contributed by atoms with Gasteiger partial charge in [-0.25, -0.2) is 0 Å². The van der Waals surface area contributed by atoms with Gasteiger partial charge in [0.2, 0.25) is 0 Å². The van der Waals surface area contributed by atoms with Crippen molar-refractivity contribution in [1.82, 2.24) is 0 Å². The van der Waals surface area contributed by atoms with Crippen LogP contribution in [0.2, 0.25) is 0 Å². The van der Waals surface area contributed by atoms with Gasteiger partial charge in [0.05, 0.1) is 0 Å². The molecule has 0 aliphatic carbocycles. The summed E-state index contributed by atoms with van der Waals surface area (Å²) in [6, 6.07) is 4.48. The summed E-state index contributed by atoms with van der Waals surface area (Å²) in [6.07, 6.45) is 5.28. The first kappa shape index (κ1) is 24.3. The van der Waals surface area contributed by atoms with Gasteiger partial charge in [-0.1, -0.05) is 79.4 Å². The number of aryl methyl sites for hydroxylation is 4. The Hall–Kier alpha value is -0.780. The number of benzene rings is 1. The average molecular weight is 281 g/mol. The van der Waals surface area contributed by atoms with Gasteiger partial charge in [-0.05, 0) is 49.9 Å². The number of hydrogen-bond donors (Lipinski definition) is 0. The quantitative estimate of drug-likeness (QED) is 0.524. The summed E-state index contributed by atoms with van der Waals surface area (Å²) in [5.41, 5.74) is 5.57. The molecular formula is C20H40. The summed E-state index contributed by atoms with van der Waals surface area (Å²) < 4.78 is 0. The highest BCUT2D eigenvalue weighted by Gasteiger charge is 1.95. The molecule has 0 heterocycles. The molecule has 0 radical (unpaired) electrons. The molecule has 0 bridgehead atoms. The standard InChI is InChI=1S/C10H14.2C4H10.C2H6/c1-7-5-9(3)10(4)6-8(7)2;2*1-3-4-2;1-2/h5-6H,1-4H3;2*3-4H2,1-2H3;1-2H3. The van der Waals surface area contributed by atoms with E-state index in [-0.39, 0.29) is 0 Å². The van der Waals surface area contributed by atoms with Gasteiger partial charge in [-0.15, -0.1) is 0 Å². The second kappa shape index (κ2) is 18.2. The van der Waals surface area contributed by atoms with Crippen molar-refractivity contribution in [1.29, 1.82) is 0 Å². The van der Waals surface area contributed by atoms with E-state index in [1.54, 1.807) is 0 Å². The van der Waals surface area contributed by atoms with E-state index >= 15 is 0 Å². The molecule has 120 valence electrons. The second-order valence-corrected chi connectivity index (χ2v) is 5.02. The molecule has 0 nitrogen and oxygen atoms in total. The lowest BCUT2D eigenvalue weighted by Crippen LogP contribution is -1.86. The van der Waals surface area contributed by atoms with Crippen molar-refractivity contribution >= 4 is 0 Å². The number of rotatable bonds is 2. The van der Waals surface area contributed by atoms with Crippen molar-refractivity contribution in [2.75, 3.05) is 0 Å². The van der Waals surface area contributed by atoms with Crippen molar-refractivity contribution in [3.05, 3.63) is 34.4 Å². The van der Waals surface area contributed by atoms with Gasteiger partial charge in [-0.3, -0.25) is 0 Å². The Bertz CT molecular complexity index is 239. The molecule has 0 aromatic heterocycles. The first-order valence-corrected chi connectivity index (χ1v) is 8.48. The summed E-state index contributed by atoms with van der Waals surface area (Å²) in [5.74, 6) is 0. The van der Waals surface area contributed by atoms with Gasteiger partial charge in [-0.2, -0.15) is 0 Å². The fourth-order valence-electron chi connectivity index (χ4n) is 1.10. The van der Waals surface area contributed by atoms with Gasteiger partial charge in [0.15, 0.2) is 0 Å². The van der Waals surface area contributed by atoms with Crippen LogP contribution < -0.4 is 0 Å². The summed E-state index contributed by atoms with van der Waals surface area (Å²) in [7, 11) is 0. The Kier molecular flexibility index (Phi) is 22.1. The maximum absolute atomic E-state index is 2.24. The molecule has 0 N–H and O–H groups in total. The molecule has 0 aliphatic heterocycles. The first-order valence-electron chi connectivity index (χ1n) is 8.48. The van der Waals surface area contributed by atoms with Crippen LogP contribution in [0.5, 0.6) is 0 Å². The lowest BCUT2D eigenvalue weighted by atomic mass is 10.0. The zero-order chi connectivity index (χ0) is 16.6. The molecule has 0 heteroatoms. The minimum absolute atomic E-state index is 1.32. The Morgan fingerprint density at radius 2 is 0.650 bits per heavy atom. The van der Waals surface area contributed by atoms with Gasteiger partial charge < -0.3 is 0 Å². The van der Waals surface area contributed by atoms with E-state index in [1.165, 1.54) is 47.9 Å². The van der Waals surface area contributed by atoms with E-state index in [4.69, 9.17) is 0 Å². The lowest BCUT2D eigenvalue weighted by Gasteiger charge is -2.04. The van der Waals surface area contributed by atoms with Crippen LogP contribution in [0.4, 0.5) is 0 Å². The number of unbranched alkanes of at least 4 members (excludes halogenated alkanes) is 2. The van der Waals surface area contributed by atoms with E-state index in [2.05, 4.69) is 67.5 Å². The molecule has 0 spiro atoms. The van der Waals surface area contributed by atoms with Crippen molar-refractivity contribution < 1.29 is 0 Å². The predicted octanol–water partition coefficient (Wildman–Crippen LogP) is 7.56. The molecule has 1 rings (SSSR count). The molecule has 0 fully saturated rings. The van der Waals surface area contributed by atoms with E-state index in [1.807, 2.05) is 13.8 Å². The lowest BCUT2D eigenvalue weighted by molar-refractivity contribution is 0.886. The van der Waals surface area contributed by atoms with Gasteiger partial charge >= 0.3 is 0 Å². The zero-order valence-corrected chi connectivity index (χ0v) is 16.0. The summed E-state index contributed by atoms with van der Waals surface area (Å²) >= 11 is 0. The third kappa shape index (κ3) is 15.3. The van der Waals surface area contributed by atoms with Crippen molar-refractivity contribution in [3.8, 4) is 0 Å². The van der Waals surface area contributed by atoms with E-state index in [9.17, 15) is 0 Å². The van der Waals surface area contributed by atoms with Crippen LogP contribution in [-0.2, 0) is 0 Å². The van der Waals surface area contributed by atoms with Crippen LogP contribution in [0.1, 0.15) is 89.5 Å². The Balaban J connectivity index is -0.000000243. The fourth-order valence-corrected chi connectivity index (χ4v) is 1.10. The average Bonchev–Trinajstić information content (AvgIpc) is 2.48. The van der Waals surface area contributed by atoms with Crippen molar-refractivity contribution in [2.24, 2.45) is 0 Å². The molecule has 1 aromatic rings. The maximum Gasteiger partial charge on any atom is -0.0395 e. The molecule has 0 unspecified atom stereocenters. The minimum Gasteiger partial charge on any atom is -0.0683 e. The predicted molar refractivity (Wildman–Crippen MR) is 97.9 cm³/mol. The smallest absolute Gasteiger partial charge is 0.0395 e. The van der Waals surface area contributed by atoms with E-state index < -0.39 is 0 Å². The highest BCUT2D eigenvalue weighted by atomic mass is 14.0. The highest BCUT2D eigenvalue weighted by Crippen LogP contribution is 2.13. The van der Waals surface area contributed by atoms with Crippen LogP contribution in [0.25, 0.3) is 0 Å². The summed E-state index contributed by atoms with van der Waals surface area (Å²) in [4.78, 5) is 0. The van der Waals surface area contributed by atoms with Crippen LogP contribution >= 0.6 is 0 Å². The second-order valence-electron chi connectivity index (χ2n) is 5.02. The summed E-state index contributed by atoms with van der Waals surface area (Å²) in [6.45, 7) is 21.3. The monoisotopic (exact) mass is 280 g/mol.